The molecule has 0 aliphatic heterocycles. The Labute approximate surface area is 115 Å². The van der Waals surface area contributed by atoms with E-state index >= 15 is 0 Å². The highest BCUT2D eigenvalue weighted by molar-refractivity contribution is 5.87. The van der Waals surface area contributed by atoms with E-state index in [1.54, 1.807) is 0 Å². The summed E-state index contributed by atoms with van der Waals surface area (Å²) < 4.78 is 1.19. The molecule has 102 valence electrons. The number of nitrogens with two attached hydrogens (primary N) is 2. The van der Waals surface area contributed by atoms with Crippen molar-refractivity contribution in [2.75, 3.05) is 5.73 Å². The van der Waals surface area contributed by atoms with Crippen LogP contribution in [0.2, 0.25) is 0 Å². The highest BCUT2D eigenvalue weighted by Gasteiger charge is 2.18. The smallest absolute Gasteiger partial charge is 0.264 e. The van der Waals surface area contributed by atoms with Gasteiger partial charge in [0.2, 0.25) is 0 Å². The maximum atomic E-state index is 12.1. The quantitative estimate of drug-likeness (QED) is 0.663. The van der Waals surface area contributed by atoms with Crippen LogP contribution in [0.25, 0.3) is 10.9 Å². The number of aromatic amines is 1. The van der Waals surface area contributed by atoms with Gasteiger partial charge in [-0.2, -0.15) is 5.10 Å². The molecule has 0 saturated carbocycles. The fraction of sp³-hybridized carbons (Fsp3) is 0.143. The second-order valence-electron chi connectivity index (χ2n) is 4.73. The molecule has 6 heteroatoms. The number of hydrogen-bond acceptors (Lipinski definition) is 4. The first kappa shape index (κ1) is 12.4. The number of carbonyl (C=O) groups is 1. The Morgan fingerprint density at radius 1 is 1.40 bits per heavy atom. The molecule has 3 rings (SSSR count). The molecule has 0 bridgehead atoms. The molecule has 2 heterocycles. The van der Waals surface area contributed by atoms with Gasteiger partial charge in [0, 0.05) is 17.1 Å². The van der Waals surface area contributed by atoms with Crippen LogP contribution in [0.1, 0.15) is 10.4 Å². The number of carbonyl (C=O) groups excluding carboxylic acids is 1. The van der Waals surface area contributed by atoms with Crippen LogP contribution in [0, 0.1) is 0 Å². The van der Waals surface area contributed by atoms with Crippen molar-refractivity contribution in [3.05, 3.63) is 48.4 Å². The number of nitrogen functional groups attached to an aromatic ring is 1. The van der Waals surface area contributed by atoms with Gasteiger partial charge in [-0.15, -0.1) is 0 Å². The molecule has 0 saturated heterocycles. The number of nitrogens with one attached hydrogen (secondary N) is 1. The van der Waals surface area contributed by atoms with Crippen LogP contribution in [0.3, 0.4) is 0 Å². The summed E-state index contributed by atoms with van der Waals surface area (Å²) in [5, 5.41) is 4.96. The fourth-order valence-corrected chi connectivity index (χ4v) is 2.25. The minimum Gasteiger partial charge on any atom is -0.396 e. The molecule has 0 aliphatic rings. The lowest BCUT2D eigenvalue weighted by Crippen LogP contribution is -2.36. The van der Waals surface area contributed by atoms with Crippen molar-refractivity contribution in [1.29, 1.82) is 0 Å². The predicted molar refractivity (Wildman–Crippen MR) is 77.2 cm³/mol. The van der Waals surface area contributed by atoms with E-state index in [4.69, 9.17) is 11.5 Å². The molecule has 1 atom stereocenters. The maximum absolute atomic E-state index is 12.1. The largest absolute Gasteiger partial charge is 0.396 e. The number of nitrogens with zero attached hydrogens (tertiary/aromatic N) is 2. The Morgan fingerprint density at radius 3 is 2.95 bits per heavy atom. The van der Waals surface area contributed by atoms with E-state index in [1.165, 1.54) is 17.1 Å². The summed E-state index contributed by atoms with van der Waals surface area (Å²) in [6, 6.07) is 7.25. The molecule has 0 radical (unpaired) electrons. The maximum Gasteiger partial charge on any atom is 0.264 e. The van der Waals surface area contributed by atoms with E-state index < -0.39 is 6.04 Å². The zero-order chi connectivity index (χ0) is 14.1. The molecule has 0 spiro atoms. The van der Waals surface area contributed by atoms with Crippen molar-refractivity contribution < 1.29 is 4.79 Å². The molecule has 0 aliphatic carbocycles. The van der Waals surface area contributed by atoms with E-state index in [0.717, 1.165) is 16.5 Å². The first-order valence-electron chi connectivity index (χ1n) is 6.30. The molecule has 2 aromatic heterocycles. The van der Waals surface area contributed by atoms with Gasteiger partial charge in [0.15, 0.2) is 0 Å². The SMILES string of the molecule is Nc1cnn(C(=O)[C@@H](N)Cc2c[nH]c3ccccc23)c1. The Kier molecular flexibility index (Phi) is 3.00. The Balaban J connectivity index is 1.82. The van der Waals surface area contributed by atoms with E-state index in [9.17, 15) is 4.79 Å². The van der Waals surface area contributed by atoms with Crippen molar-refractivity contribution in [3.8, 4) is 0 Å². The van der Waals surface area contributed by atoms with Gasteiger partial charge in [-0.25, -0.2) is 4.68 Å². The topological polar surface area (TPSA) is 103 Å². The van der Waals surface area contributed by atoms with Crippen molar-refractivity contribution in [2.45, 2.75) is 12.5 Å². The predicted octanol–water partition coefficient (Wildman–Crippen LogP) is 1.16. The van der Waals surface area contributed by atoms with Crippen LogP contribution in [0.4, 0.5) is 5.69 Å². The molecular formula is C14H15N5O. The monoisotopic (exact) mass is 269 g/mol. The molecule has 0 amide bonds. The second-order valence-corrected chi connectivity index (χ2v) is 4.73. The van der Waals surface area contributed by atoms with Gasteiger partial charge >= 0.3 is 0 Å². The van der Waals surface area contributed by atoms with Crippen molar-refractivity contribution in [1.82, 2.24) is 14.8 Å². The van der Waals surface area contributed by atoms with Gasteiger partial charge in [0.25, 0.3) is 5.91 Å². The Morgan fingerprint density at radius 2 is 2.20 bits per heavy atom. The normalized spacial score (nSPS) is 12.7. The van der Waals surface area contributed by atoms with Gasteiger partial charge in [-0.3, -0.25) is 4.79 Å². The molecular weight excluding hydrogens is 254 g/mol. The number of benzene rings is 1. The zero-order valence-electron chi connectivity index (χ0n) is 10.8. The Bertz CT molecular complexity index is 758. The first-order valence-corrected chi connectivity index (χ1v) is 6.30. The number of fused-ring (bicyclic) bond motifs is 1. The van der Waals surface area contributed by atoms with Crippen LogP contribution >= 0.6 is 0 Å². The molecule has 5 N–H and O–H groups in total. The number of rotatable bonds is 3. The van der Waals surface area contributed by atoms with Crippen molar-refractivity contribution in [3.63, 3.8) is 0 Å². The number of anilines is 1. The molecule has 1 aromatic carbocycles. The first-order chi connectivity index (χ1) is 9.65. The third-order valence-corrected chi connectivity index (χ3v) is 3.26. The number of para-hydroxylation sites is 1. The second kappa shape index (κ2) is 4.82. The molecule has 3 aromatic rings. The van der Waals surface area contributed by atoms with Crippen molar-refractivity contribution in [2.24, 2.45) is 5.73 Å². The van der Waals surface area contributed by atoms with Crippen LogP contribution in [0.5, 0.6) is 0 Å². The lowest BCUT2D eigenvalue weighted by atomic mass is 10.1. The average molecular weight is 269 g/mol. The third kappa shape index (κ3) is 2.17. The fourth-order valence-electron chi connectivity index (χ4n) is 2.25. The zero-order valence-corrected chi connectivity index (χ0v) is 10.8. The highest BCUT2D eigenvalue weighted by atomic mass is 16.2. The summed E-state index contributed by atoms with van der Waals surface area (Å²) in [5.41, 5.74) is 14.0. The Hall–Kier alpha value is -2.60. The summed E-state index contributed by atoms with van der Waals surface area (Å²) in [6.45, 7) is 0. The standard InChI is InChI=1S/C14H15N5O/c15-10-7-18-19(8-10)14(20)12(16)5-9-6-17-13-4-2-1-3-11(9)13/h1-4,6-8,12,17H,5,15-16H2/t12-/m0/s1. The van der Waals surface area contributed by atoms with Crippen LogP contribution in [-0.2, 0) is 6.42 Å². The van der Waals surface area contributed by atoms with Gasteiger partial charge in [0.05, 0.1) is 24.1 Å². The minimum absolute atomic E-state index is 0.271. The molecule has 20 heavy (non-hydrogen) atoms. The van der Waals surface area contributed by atoms with Gasteiger partial charge in [-0.1, -0.05) is 18.2 Å². The van der Waals surface area contributed by atoms with E-state index in [-0.39, 0.29) is 5.91 Å². The van der Waals surface area contributed by atoms with Crippen LogP contribution < -0.4 is 11.5 Å². The highest BCUT2D eigenvalue weighted by Crippen LogP contribution is 2.19. The van der Waals surface area contributed by atoms with Crippen LogP contribution in [-0.4, -0.2) is 26.7 Å². The summed E-state index contributed by atoms with van der Waals surface area (Å²) in [7, 11) is 0. The number of H-pyrrole nitrogens is 1. The summed E-state index contributed by atoms with van der Waals surface area (Å²) in [4.78, 5) is 15.3. The molecule has 0 unspecified atom stereocenters. The molecule has 6 nitrogen and oxygen atoms in total. The van der Waals surface area contributed by atoms with Crippen molar-refractivity contribution >= 4 is 22.5 Å². The van der Waals surface area contributed by atoms with Gasteiger partial charge < -0.3 is 16.5 Å². The molecule has 0 fully saturated rings. The average Bonchev–Trinajstić information content (AvgIpc) is 3.05. The van der Waals surface area contributed by atoms with Crippen LogP contribution in [0.15, 0.2) is 42.9 Å². The summed E-state index contributed by atoms with van der Waals surface area (Å²) in [6.07, 6.45) is 5.23. The van der Waals surface area contributed by atoms with E-state index in [2.05, 4.69) is 10.1 Å². The van der Waals surface area contributed by atoms with E-state index in [0.29, 0.717) is 12.1 Å². The lowest BCUT2D eigenvalue weighted by Gasteiger charge is -2.09. The summed E-state index contributed by atoms with van der Waals surface area (Å²) >= 11 is 0. The van der Waals surface area contributed by atoms with E-state index in [1.807, 2.05) is 30.5 Å². The third-order valence-electron chi connectivity index (χ3n) is 3.26. The van der Waals surface area contributed by atoms with Gasteiger partial charge in [0.1, 0.15) is 0 Å². The van der Waals surface area contributed by atoms with Gasteiger partial charge in [-0.05, 0) is 18.1 Å². The lowest BCUT2D eigenvalue weighted by molar-refractivity contribution is 0.0863. The number of aromatic nitrogens is 3. The minimum atomic E-state index is -0.659. The number of hydrogen-bond donors (Lipinski definition) is 3. The summed E-state index contributed by atoms with van der Waals surface area (Å²) in [5.74, 6) is -0.271.